The van der Waals surface area contributed by atoms with Gasteiger partial charge in [0.1, 0.15) is 5.60 Å². The van der Waals surface area contributed by atoms with Crippen LogP contribution >= 0.6 is 0 Å². The number of carbonyl (C=O) groups is 1. The maximum Gasteiger partial charge on any atom is 0.416 e. The Kier molecular flexibility index (Phi) is 4.52. The van der Waals surface area contributed by atoms with Crippen LogP contribution in [-0.4, -0.2) is 11.7 Å². The molecule has 1 amide bonds. The number of amides is 1. The molecule has 0 bridgehead atoms. The van der Waals surface area contributed by atoms with Gasteiger partial charge in [0.2, 0.25) is 0 Å². The number of nitrogens with two attached hydrogens (primary N) is 1. The van der Waals surface area contributed by atoms with Crippen molar-refractivity contribution in [1.29, 1.82) is 0 Å². The molecule has 0 saturated carbocycles. The van der Waals surface area contributed by atoms with E-state index in [0.29, 0.717) is 0 Å². The Morgan fingerprint density at radius 3 is 2.40 bits per heavy atom. The minimum absolute atomic E-state index is 0.134. The number of rotatable bonds is 2. The van der Waals surface area contributed by atoms with Crippen molar-refractivity contribution in [2.24, 2.45) is 0 Å². The lowest BCUT2D eigenvalue weighted by Crippen LogP contribution is -2.32. The highest BCUT2D eigenvalue weighted by atomic mass is 19.4. The molecule has 112 valence electrons. The molecule has 1 rings (SSSR count). The largest absolute Gasteiger partial charge is 0.444 e. The average molecular weight is 290 g/mol. The fourth-order valence-corrected chi connectivity index (χ4v) is 1.42. The monoisotopic (exact) mass is 290 g/mol. The molecule has 3 N–H and O–H groups in total. The molecule has 20 heavy (non-hydrogen) atoms. The van der Waals surface area contributed by atoms with Crippen molar-refractivity contribution in [1.82, 2.24) is 5.32 Å². The second-order valence-electron chi connectivity index (χ2n) is 5.27. The van der Waals surface area contributed by atoms with Gasteiger partial charge in [-0.05, 0) is 44.5 Å². The van der Waals surface area contributed by atoms with Crippen molar-refractivity contribution < 1.29 is 22.7 Å². The maximum absolute atomic E-state index is 12.6. The first kappa shape index (κ1) is 16.1. The third-order valence-electron chi connectivity index (χ3n) is 2.29. The quantitative estimate of drug-likeness (QED) is 0.821. The van der Waals surface area contributed by atoms with Gasteiger partial charge in [0.25, 0.3) is 0 Å². The molecule has 0 radical (unpaired) electrons. The Bertz CT molecular complexity index is 493. The molecule has 0 aromatic heterocycles. The molecule has 0 spiro atoms. The molecular formula is C13H17F3N2O2. The van der Waals surface area contributed by atoms with Gasteiger partial charge in [-0.1, -0.05) is 0 Å². The van der Waals surface area contributed by atoms with E-state index in [2.05, 4.69) is 5.32 Å². The molecule has 0 aliphatic carbocycles. The molecule has 0 aliphatic rings. The fraction of sp³-hybridized carbons (Fsp3) is 0.462. The predicted molar refractivity (Wildman–Crippen MR) is 68.9 cm³/mol. The number of alkyl carbamates (subject to hydrolysis) is 1. The number of nitrogens with one attached hydrogen (secondary N) is 1. The summed E-state index contributed by atoms with van der Waals surface area (Å²) < 4.78 is 42.7. The smallest absolute Gasteiger partial charge is 0.416 e. The summed E-state index contributed by atoms with van der Waals surface area (Å²) in [5.41, 5.74) is 4.46. The zero-order chi connectivity index (χ0) is 15.6. The van der Waals surface area contributed by atoms with E-state index in [4.69, 9.17) is 10.5 Å². The van der Waals surface area contributed by atoms with Gasteiger partial charge in [0.05, 0.1) is 5.56 Å². The number of ether oxygens (including phenoxy) is 1. The van der Waals surface area contributed by atoms with E-state index in [1.807, 2.05) is 0 Å². The molecule has 0 unspecified atom stereocenters. The Labute approximate surface area is 115 Å². The summed E-state index contributed by atoms with van der Waals surface area (Å²) in [7, 11) is 0. The molecule has 0 heterocycles. The van der Waals surface area contributed by atoms with Gasteiger partial charge in [-0.25, -0.2) is 4.79 Å². The van der Waals surface area contributed by atoms with E-state index in [0.717, 1.165) is 18.2 Å². The topological polar surface area (TPSA) is 64.3 Å². The van der Waals surface area contributed by atoms with Crippen molar-refractivity contribution in [3.05, 3.63) is 29.3 Å². The maximum atomic E-state index is 12.6. The fourth-order valence-electron chi connectivity index (χ4n) is 1.42. The SMILES string of the molecule is CC(C)(C)OC(=O)NCc1cc(C(F)(F)F)ccc1N. The van der Waals surface area contributed by atoms with Crippen LogP contribution in [0.1, 0.15) is 31.9 Å². The van der Waals surface area contributed by atoms with Crippen molar-refractivity contribution in [2.75, 3.05) is 5.73 Å². The molecule has 1 aromatic carbocycles. The van der Waals surface area contributed by atoms with Crippen LogP contribution in [-0.2, 0) is 17.5 Å². The van der Waals surface area contributed by atoms with E-state index < -0.39 is 23.4 Å². The lowest BCUT2D eigenvalue weighted by atomic mass is 10.1. The summed E-state index contributed by atoms with van der Waals surface area (Å²) in [4.78, 5) is 11.4. The van der Waals surface area contributed by atoms with Gasteiger partial charge in [-0.2, -0.15) is 13.2 Å². The second kappa shape index (κ2) is 5.60. The number of hydrogen-bond donors (Lipinski definition) is 2. The van der Waals surface area contributed by atoms with E-state index in [9.17, 15) is 18.0 Å². The molecular weight excluding hydrogens is 273 g/mol. The summed E-state index contributed by atoms with van der Waals surface area (Å²) in [5, 5.41) is 2.37. The third kappa shape index (κ3) is 4.99. The van der Waals surface area contributed by atoms with Gasteiger partial charge >= 0.3 is 12.3 Å². The Hall–Kier alpha value is -1.92. The van der Waals surface area contributed by atoms with Crippen molar-refractivity contribution in [3.63, 3.8) is 0 Å². The molecule has 0 aliphatic heterocycles. The van der Waals surface area contributed by atoms with Crippen LogP contribution in [0.2, 0.25) is 0 Å². The summed E-state index contributed by atoms with van der Waals surface area (Å²) in [6.45, 7) is 4.92. The van der Waals surface area contributed by atoms with Gasteiger partial charge < -0.3 is 15.8 Å². The molecule has 1 aromatic rings. The molecule has 0 fully saturated rings. The van der Waals surface area contributed by atoms with Crippen LogP contribution in [0.4, 0.5) is 23.7 Å². The average Bonchev–Trinajstić information content (AvgIpc) is 2.24. The predicted octanol–water partition coefficient (Wildman–Crippen LogP) is 3.31. The van der Waals surface area contributed by atoms with Crippen LogP contribution < -0.4 is 11.1 Å². The first-order valence-corrected chi connectivity index (χ1v) is 5.91. The number of benzene rings is 1. The van der Waals surface area contributed by atoms with Crippen molar-refractivity contribution >= 4 is 11.8 Å². The second-order valence-corrected chi connectivity index (χ2v) is 5.27. The van der Waals surface area contributed by atoms with E-state index in [1.165, 1.54) is 0 Å². The standard InChI is InChI=1S/C13H17F3N2O2/c1-12(2,3)20-11(19)18-7-8-6-9(13(14,15)16)4-5-10(8)17/h4-6H,7,17H2,1-3H3,(H,18,19). The Morgan fingerprint density at radius 1 is 1.30 bits per heavy atom. The first-order valence-electron chi connectivity index (χ1n) is 5.91. The molecule has 7 heteroatoms. The summed E-state index contributed by atoms with van der Waals surface area (Å²) in [6, 6.07) is 2.97. The highest BCUT2D eigenvalue weighted by Crippen LogP contribution is 2.31. The first-order chi connectivity index (χ1) is 8.99. The molecule has 4 nitrogen and oxygen atoms in total. The van der Waals surface area contributed by atoms with Gasteiger partial charge in [-0.15, -0.1) is 0 Å². The zero-order valence-electron chi connectivity index (χ0n) is 11.5. The van der Waals surface area contributed by atoms with Gasteiger partial charge in [0, 0.05) is 12.2 Å². The normalized spacial score (nSPS) is 12.1. The minimum atomic E-state index is -4.45. The number of anilines is 1. The summed E-state index contributed by atoms with van der Waals surface area (Å²) >= 11 is 0. The van der Waals surface area contributed by atoms with Crippen LogP contribution in [0.15, 0.2) is 18.2 Å². The number of alkyl halides is 3. The zero-order valence-corrected chi connectivity index (χ0v) is 11.5. The molecule has 0 saturated heterocycles. The lowest BCUT2D eigenvalue weighted by Gasteiger charge is -2.20. The third-order valence-corrected chi connectivity index (χ3v) is 2.29. The number of halogens is 3. The van der Waals surface area contributed by atoms with E-state index in [-0.39, 0.29) is 17.8 Å². The highest BCUT2D eigenvalue weighted by Gasteiger charge is 2.30. The van der Waals surface area contributed by atoms with E-state index >= 15 is 0 Å². The summed E-state index contributed by atoms with van der Waals surface area (Å²) in [6.07, 6.45) is -5.16. The van der Waals surface area contributed by atoms with E-state index in [1.54, 1.807) is 20.8 Å². The minimum Gasteiger partial charge on any atom is -0.444 e. The summed E-state index contributed by atoms with van der Waals surface area (Å²) in [5.74, 6) is 0. The number of nitrogen functional groups attached to an aromatic ring is 1. The number of carbonyl (C=O) groups excluding carboxylic acids is 1. The van der Waals surface area contributed by atoms with Crippen molar-refractivity contribution in [3.8, 4) is 0 Å². The lowest BCUT2D eigenvalue weighted by molar-refractivity contribution is -0.137. The van der Waals surface area contributed by atoms with Crippen LogP contribution in [0.3, 0.4) is 0 Å². The Balaban J connectivity index is 2.75. The van der Waals surface area contributed by atoms with Crippen LogP contribution in [0.5, 0.6) is 0 Å². The van der Waals surface area contributed by atoms with Crippen molar-refractivity contribution in [2.45, 2.75) is 39.1 Å². The molecule has 0 atom stereocenters. The number of hydrogen-bond acceptors (Lipinski definition) is 3. The van der Waals surface area contributed by atoms with Gasteiger partial charge in [-0.3, -0.25) is 0 Å². The highest BCUT2D eigenvalue weighted by molar-refractivity contribution is 5.68. The van der Waals surface area contributed by atoms with Crippen LogP contribution in [0.25, 0.3) is 0 Å². The van der Waals surface area contributed by atoms with Gasteiger partial charge in [0.15, 0.2) is 0 Å². The van der Waals surface area contributed by atoms with Crippen LogP contribution in [0, 0.1) is 0 Å². The Morgan fingerprint density at radius 2 is 1.90 bits per heavy atom.